The molecule has 0 aliphatic carbocycles. The molecular weight excluding hydrogens is 246 g/mol. The molecule has 1 rings (SSSR count). The summed E-state index contributed by atoms with van der Waals surface area (Å²) in [7, 11) is -1.34. The van der Waals surface area contributed by atoms with Crippen molar-refractivity contribution in [2.24, 2.45) is 0 Å². The zero-order valence-electron chi connectivity index (χ0n) is 11.8. The fourth-order valence-electron chi connectivity index (χ4n) is 2.12. The van der Waals surface area contributed by atoms with Crippen LogP contribution in [0.15, 0.2) is 24.3 Å². The Bertz CT molecular complexity index is 506. The van der Waals surface area contributed by atoms with Gasteiger partial charge in [-0.25, -0.2) is 8.42 Å². The molecule has 0 aliphatic rings. The Labute approximate surface area is 111 Å². The minimum absolute atomic E-state index is 0.209. The number of nitrogens with one attached hydrogen (secondary N) is 1. The summed E-state index contributed by atoms with van der Waals surface area (Å²) < 4.78 is 23.0. The fraction of sp³-hybridized carbons (Fsp3) is 0.571. The van der Waals surface area contributed by atoms with Crippen LogP contribution in [-0.2, 0) is 16.3 Å². The topological polar surface area (TPSA) is 46.2 Å². The summed E-state index contributed by atoms with van der Waals surface area (Å²) >= 11 is 0. The lowest BCUT2D eigenvalue weighted by Crippen LogP contribution is -2.43. The average molecular weight is 269 g/mol. The van der Waals surface area contributed by atoms with Crippen LogP contribution in [0.2, 0.25) is 0 Å². The molecule has 102 valence electrons. The highest BCUT2D eigenvalue weighted by atomic mass is 32.2. The van der Waals surface area contributed by atoms with Crippen molar-refractivity contribution in [2.75, 3.05) is 13.3 Å². The van der Waals surface area contributed by atoms with Gasteiger partial charge in [-0.1, -0.05) is 31.2 Å². The number of aryl methyl sites for hydroxylation is 1. The highest BCUT2D eigenvalue weighted by molar-refractivity contribution is 7.92. The second-order valence-electron chi connectivity index (χ2n) is 5.20. The summed E-state index contributed by atoms with van der Waals surface area (Å²) in [6, 6.07) is 7.89. The van der Waals surface area contributed by atoms with E-state index in [1.807, 2.05) is 12.1 Å². The SMILES string of the molecule is CCc1cccc(C(NC)C(C)(C)S(C)(=O)=O)c1. The molecule has 1 unspecified atom stereocenters. The van der Waals surface area contributed by atoms with E-state index in [-0.39, 0.29) is 6.04 Å². The first-order valence-corrected chi connectivity index (χ1v) is 8.09. The van der Waals surface area contributed by atoms with E-state index in [9.17, 15) is 8.42 Å². The molecule has 0 spiro atoms. The van der Waals surface area contributed by atoms with Crippen molar-refractivity contribution in [2.45, 2.75) is 38.0 Å². The molecule has 1 aromatic carbocycles. The van der Waals surface area contributed by atoms with Crippen LogP contribution < -0.4 is 5.32 Å². The van der Waals surface area contributed by atoms with Crippen molar-refractivity contribution in [3.05, 3.63) is 35.4 Å². The Morgan fingerprint density at radius 1 is 1.33 bits per heavy atom. The molecule has 1 N–H and O–H groups in total. The highest BCUT2D eigenvalue weighted by Crippen LogP contribution is 2.32. The lowest BCUT2D eigenvalue weighted by Gasteiger charge is -2.33. The molecular formula is C14H23NO2S. The van der Waals surface area contributed by atoms with E-state index in [2.05, 4.69) is 24.4 Å². The predicted octanol–water partition coefficient (Wildman–Crippen LogP) is 2.33. The van der Waals surface area contributed by atoms with Crippen LogP contribution in [0.25, 0.3) is 0 Å². The van der Waals surface area contributed by atoms with Gasteiger partial charge in [0.2, 0.25) is 0 Å². The lowest BCUT2D eigenvalue weighted by atomic mass is 9.93. The summed E-state index contributed by atoms with van der Waals surface area (Å²) in [5.41, 5.74) is 2.24. The minimum Gasteiger partial charge on any atom is -0.312 e. The summed E-state index contributed by atoms with van der Waals surface area (Å²) in [6.07, 6.45) is 2.24. The summed E-state index contributed by atoms with van der Waals surface area (Å²) in [6.45, 7) is 5.62. The molecule has 1 aromatic rings. The van der Waals surface area contributed by atoms with Crippen molar-refractivity contribution in [1.29, 1.82) is 0 Å². The van der Waals surface area contributed by atoms with Gasteiger partial charge in [0.1, 0.15) is 0 Å². The van der Waals surface area contributed by atoms with Crippen molar-refractivity contribution in [3.63, 3.8) is 0 Å². The predicted molar refractivity (Wildman–Crippen MR) is 76.5 cm³/mol. The molecule has 0 fully saturated rings. The van der Waals surface area contributed by atoms with E-state index in [0.717, 1.165) is 12.0 Å². The van der Waals surface area contributed by atoms with E-state index in [4.69, 9.17) is 0 Å². The van der Waals surface area contributed by atoms with Crippen molar-refractivity contribution >= 4 is 9.84 Å². The van der Waals surface area contributed by atoms with E-state index < -0.39 is 14.6 Å². The first kappa shape index (κ1) is 15.2. The smallest absolute Gasteiger partial charge is 0.154 e. The number of hydrogen-bond acceptors (Lipinski definition) is 3. The molecule has 0 aromatic heterocycles. The zero-order chi connectivity index (χ0) is 14.0. The summed E-state index contributed by atoms with van der Waals surface area (Å²) in [5.74, 6) is 0. The number of benzene rings is 1. The van der Waals surface area contributed by atoms with Crippen molar-refractivity contribution < 1.29 is 8.42 Å². The van der Waals surface area contributed by atoms with E-state index in [0.29, 0.717) is 0 Å². The monoisotopic (exact) mass is 269 g/mol. The number of sulfone groups is 1. The van der Waals surface area contributed by atoms with E-state index in [1.54, 1.807) is 20.9 Å². The van der Waals surface area contributed by atoms with Gasteiger partial charge >= 0.3 is 0 Å². The molecule has 0 aliphatic heterocycles. The summed E-state index contributed by atoms with van der Waals surface area (Å²) in [5, 5.41) is 3.14. The van der Waals surface area contributed by atoms with Gasteiger partial charge < -0.3 is 5.32 Å². The first-order valence-electron chi connectivity index (χ1n) is 6.19. The fourth-order valence-corrected chi connectivity index (χ4v) is 2.80. The molecule has 1 atom stereocenters. The van der Waals surface area contributed by atoms with Crippen molar-refractivity contribution in [3.8, 4) is 0 Å². The van der Waals surface area contributed by atoms with E-state index in [1.165, 1.54) is 11.8 Å². The zero-order valence-corrected chi connectivity index (χ0v) is 12.6. The third kappa shape index (κ3) is 2.93. The maximum absolute atomic E-state index is 11.9. The van der Waals surface area contributed by atoms with Crippen LogP contribution in [0.4, 0.5) is 0 Å². The molecule has 4 heteroatoms. The average Bonchev–Trinajstić information content (AvgIpc) is 2.28. The third-order valence-electron chi connectivity index (χ3n) is 3.63. The van der Waals surface area contributed by atoms with Gasteiger partial charge in [-0.05, 0) is 38.4 Å². The molecule has 0 saturated heterocycles. The minimum atomic E-state index is -3.14. The van der Waals surface area contributed by atoms with Crippen LogP contribution >= 0.6 is 0 Å². The molecule has 0 amide bonds. The Hall–Kier alpha value is -0.870. The van der Waals surface area contributed by atoms with Gasteiger partial charge in [0, 0.05) is 6.26 Å². The quantitative estimate of drug-likeness (QED) is 0.892. The Kier molecular flexibility index (Phi) is 4.56. The Balaban J connectivity index is 3.25. The highest BCUT2D eigenvalue weighted by Gasteiger charge is 2.39. The largest absolute Gasteiger partial charge is 0.312 e. The first-order chi connectivity index (χ1) is 8.24. The normalized spacial score (nSPS) is 14.5. The van der Waals surface area contributed by atoms with Crippen LogP contribution in [0.1, 0.15) is 37.9 Å². The van der Waals surface area contributed by atoms with Crippen LogP contribution in [0, 0.1) is 0 Å². The molecule has 0 radical (unpaired) electrons. The second kappa shape index (κ2) is 5.41. The number of hydrogen-bond donors (Lipinski definition) is 1. The Morgan fingerprint density at radius 3 is 2.39 bits per heavy atom. The van der Waals surface area contributed by atoms with Gasteiger partial charge in [0.15, 0.2) is 9.84 Å². The van der Waals surface area contributed by atoms with Crippen LogP contribution in [0.3, 0.4) is 0 Å². The Morgan fingerprint density at radius 2 is 1.94 bits per heavy atom. The van der Waals surface area contributed by atoms with Gasteiger partial charge in [-0.15, -0.1) is 0 Å². The third-order valence-corrected chi connectivity index (χ3v) is 5.78. The van der Waals surface area contributed by atoms with Gasteiger partial charge in [0.05, 0.1) is 10.8 Å². The van der Waals surface area contributed by atoms with Gasteiger partial charge in [0.25, 0.3) is 0 Å². The van der Waals surface area contributed by atoms with E-state index >= 15 is 0 Å². The second-order valence-corrected chi connectivity index (χ2v) is 7.79. The molecule has 0 saturated carbocycles. The number of rotatable bonds is 5. The van der Waals surface area contributed by atoms with Gasteiger partial charge in [-0.3, -0.25) is 0 Å². The maximum atomic E-state index is 11.9. The van der Waals surface area contributed by atoms with Crippen LogP contribution in [-0.4, -0.2) is 26.5 Å². The molecule has 0 bridgehead atoms. The molecule has 3 nitrogen and oxygen atoms in total. The molecule has 18 heavy (non-hydrogen) atoms. The maximum Gasteiger partial charge on any atom is 0.154 e. The summed E-state index contributed by atoms with van der Waals surface area (Å²) in [4.78, 5) is 0. The molecule has 0 heterocycles. The van der Waals surface area contributed by atoms with Crippen LogP contribution in [0.5, 0.6) is 0 Å². The van der Waals surface area contributed by atoms with Crippen molar-refractivity contribution in [1.82, 2.24) is 5.32 Å². The van der Waals surface area contributed by atoms with Gasteiger partial charge in [-0.2, -0.15) is 0 Å². The lowest BCUT2D eigenvalue weighted by molar-refractivity contribution is 0.446. The standard InChI is InChI=1S/C14H23NO2S/c1-6-11-8-7-9-12(10-11)13(15-4)14(2,3)18(5,16)17/h7-10,13,15H,6H2,1-5H3.